The molecule has 4 rings (SSSR count). The maximum absolute atomic E-state index is 11.0. The van der Waals surface area contributed by atoms with E-state index < -0.39 is 0 Å². The monoisotopic (exact) mass is 427 g/mol. The molecule has 7 heteroatoms. The Morgan fingerprint density at radius 2 is 1.93 bits per heavy atom. The fourth-order valence-corrected chi connectivity index (χ4v) is 4.12. The second-order valence-electron chi connectivity index (χ2n) is 6.64. The standard InChI is InChI=1S/C22H19Cl2N3O2/c1-12-15(10-25)20(14-8-7-13(23)9-17(14)24)16-11-27(22(28)21(16)26-12)18-5-3-4-6-19(18)29-2/h3-9,11,28H,10,25H2,1-2H3. The van der Waals surface area contributed by atoms with Crippen molar-refractivity contribution in [3.05, 3.63) is 70.0 Å². The van der Waals surface area contributed by atoms with E-state index in [9.17, 15) is 5.11 Å². The number of nitrogens with zero attached hydrogens (tertiary/aromatic N) is 2. The Hall–Kier alpha value is -2.73. The average molecular weight is 428 g/mol. The van der Waals surface area contributed by atoms with Crippen LogP contribution < -0.4 is 10.5 Å². The van der Waals surface area contributed by atoms with Crippen LogP contribution >= 0.6 is 23.2 Å². The van der Waals surface area contributed by atoms with Gasteiger partial charge in [-0.25, -0.2) is 4.98 Å². The number of benzene rings is 2. The lowest BCUT2D eigenvalue weighted by Crippen LogP contribution is -2.04. The summed E-state index contributed by atoms with van der Waals surface area (Å²) >= 11 is 12.6. The van der Waals surface area contributed by atoms with Crippen LogP contribution in [0.1, 0.15) is 11.3 Å². The molecular weight excluding hydrogens is 409 g/mol. The molecule has 0 bridgehead atoms. The third kappa shape index (κ3) is 3.21. The summed E-state index contributed by atoms with van der Waals surface area (Å²) in [5.41, 5.74) is 10.4. The van der Waals surface area contributed by atoms with Crippen LogP contribution in [0.15, 0.2) is 48.7 Å². The molecule has 0 radical (unpaired) electrons. The van der Waals surface area contributed by atoms with Gasteiger partial charge in [0.2, 0.25) is 5.88 Å². The highest BCUT2D eigenvalue weighted by molar-refractivity contribution is 6.36. The second kappa shape index (κ2) is 7.59. The zero-order chi connectivity index (χ0) is 20.7. The molecular formula is C22H19Cl2N3O2. The SMILES string of the molecule is COc1ccccc1-n1cc2c(-c3ccc(Cl)cc3Cl)c(CN)c(C)nc2c1O. The Kier molecular flexibility index (Phi) is 5.13. The van der Waals surface area contributed by atoms with Gasteiger partial charge in [-0.15, -0.1) is 0 Å². The highest BCUT2D eigenvalue weighted by Crippen LogP contribution is 2.42. The molecule has 5 nitrogen and oxygen atoms in total. The molecule has 0 fully saturated rings. The van der Waals surface area contributed by atoms with E-state index in [0.717, 1.165) is 27.8 Å². The number of ether oxygens (including phenoxy) is 1. The molecule has 2 aromatic heterocycles. The predicted octanol–water partition coefficient (Wildman–Crippen LogP) is 5.48. The molecule has 4 aromatic rings. The van der Waals surface area contributed by atoms with Gasteiger partial charge in [0.25, 0.3) is 0 Å². The molecule has 0 aliphatic carbocycles. The summed E-state index contributed by atoms with van der Waals surface area (Å²) in [6, 6.07) is 12.8. The number of fused-ring (bicyclic) bond motifs is 1. The molecule has 29 heavy (non-hydrogen) atoms. The lowest BCUT2D eigenvalue weighted by atomic mass is 9.96. The van der Waals surface area contributed by atoms with Crippen LogP contribution in [0.3, 0.4) is 0 Å². The number of aryl methyl sites for hydroxylation is 1. The van der Waals surface area contributed by atoms with Crippen molar-refractivity contribution < 1.29 is 9.84 Å². The fraction of sp³-hybridized carbons (Fsp3) is 0.136. The largest absolute Gasteiger partial charge is 0.495 e. The Morgan fingerprint density at radius 1 is 1.17 bits per heavy atom. The molecule has 0 spiro atoms. The van der Waals surface area contributed by atoms with E-state index in [1.807, 2.05) is 43.5 Å². The zero-order valence-electron chi connectivity index (χ0n) is 15.9. The molecule has 0 unspecified atom stereocenters. The van der Waals surface area contributed by atoms with Crippen molar-refractivity contribution in [2.75, 3.05) is 7.11 Å². The van der Waals surface area contributed by atoms with Crippen LogP contribution in [-0.4, -0.2) is 21.8 Å². The Labute approximate surface area is 178 Å². The maximum atomic E-state index is 11.0. The van der Waals surface area contributed by atoms with Gasteiger partial charge in [0, 0.05) is 45.0 Å². The lowest BCUT2D eigenvalue weighted by molar-refractivity contribution is 0.407. The van der Waals surface area contributed by atoms with Crippen molar-refractivity contribution in [3.8, 4) is 28.4 Å². The molecule has 0 aliphatic heterocycles. The Bertz CT molecular complexity index is 1230. The average Bonchev–Trinajstić information content (AvgIpc) is 3.03. The van der Waals surface area contributed by atoms with Crippen LogP contribution in [0.25, 0.3) is 27.7 Å². The first-order chi connectivity index (χ1) is 14.0. The number of rotatable bonds is 4. The van der Waals surface area contributed by atoms with Gasteiger partial charge in [-0.05, 0) is 36.8 Å². The summed E-state index contributed by atoms with van der Waals surface area (Å²) in [7, 11) is 1.59. The number of aromatic nitrogens is 2. The molecule has 0 saturated heterocycles. The number of halogens is 2. The number of methoxy groups -OCH3 is 1. The third-order valence-electron chi connectivity index (χ3n) is 4.99. The smallest absolute Gasteiger partial charge is 0.223 e. The van der Waals surface area contributed by atoms with Gasteiger partial charge in [-0.1, -0.05) is 41.4 Å². The van der Waals surface area contributed by atoms with Gasteiger partial charge in [0.15, 0.2) is 0 Å². The van der Waals surface area contributed by atoms with Crippen molar-refractivity contribution >= 4 is 34.1 Å². The number of pyridine rings is 1. The summed E-state index contributed by atoms with van der Waals surface area (Å²) in [6.45, 7) is 2.15. The molecule has 0 atom stereocenters. The summed E-state index contributed by atoms with van der Waals surface area (Å²) in [4.78, 5) is 4.62. The zero-order valence-corrected chi connectivity index (χ0v) is 17.4. The highest BCUT2D eigenvalue weighted by atomic mass is 35.5. The van der Waals surface area contributed by atoms with Gasteiger partial charge >= 0.3 is 0 Å². The number of para-hydroxylation sites is 2. The molecule has 0 aliphatic rings. The number of hydrogen-bond acceptors (Lipinski definition) is 4. The summed E-state index contributed by atoms with van der Waals surface area (Å²) in [5.74, 6) is 0.646. The Morgan fingerprint density at radius 3 is 2.62 bits per heavy atom. The fourth-order valence-electron chi connectivity index (χ4n) is 3.62. The van der Waals surface area contributed by atoms with Crippen LogP contribution in [0, 0.1) is 6.92 Å². The van der Waals surface area contributed by atoms with Crippen LogP contribution in [-0.2, 0) is 6.54 Å². The quantitative estimate of drug-likeness (QED) is 0.452. The van der Waals surface area contributed by atoms with E-state index in [0.29, 0.717) is 27.0 Å². The lowest BCUT2D eigenvalue weighted by Gasteiger charge is -2.14. The van der Waals surface area contributed by atoms with Gasteiger partial charge in [0.05, 0.1) is 12.8 Å². The van der Waals surface area contributed by atoms with Crippen molar-refractivity contribution in [2.45, 2.75) is 13.5 Å². The summed E-state index contributed by atoms with van der Waals surface area (Å²) in [5, 5.41) is 12.8. The minimum absolute atomic E-state index is 0.0162. The van der Waals surface area contributed by atoms with E-state index in [4.69, 9.17) is 33.7 Å². The molecule has 0 saturated carbocycles. The first kappa shape index (κ1) is 19.6. The molecule has 3 N–H and O–H groups in total. The molecule has 2 heterocycles. The van der Waals surface area contributed by atoms with Gasteiger partial charge in [0.1, 0.15) is 11.3 Å². The van der Waals surface area contributed by atoms with Crippen molar-refractivity contribution in [1.82, 2.24) is 9.55 Å². The van der Waals surface area contributed by atoms with Crippen LogP contribution in [0.4, 0.5) is 0 Å². The van der Waals surface area contributed by atoms with Gasteiger partial charge < -0.3 is 15.6 Å². The molecule has 148 valence electrons. The van der Waals surface area contributed by atoms with Gasteiger partial charge in [-0.2, -0.15) is 0 Å². The number of nitrogens with two attached hydrogens (primary N) is 1. The van der Waals surface area contributed by atoms with Crippen LogP contribution in [0.2, 0.25) is 10.0 Å². The van der Waals surface area contributed by atoms with E-state index in [1.165, 1.54) is 0 Å². The third-order valence-corrected chi connectivity index (χ3v) is 5.54. The summed E-state index contributed by atoms with van der Waals surface area (Å²) in [6.07, 6.45) is 1.83. The molecule has 0 amide bonds. The van der Waals surface area contributed by atoms with E-state index in [1.54, 1.807) is 23.8 Å². The normalized spacial score (nSPS) is 11.2. The van der Waals surface area contributed by atoms with E-state index in [-0.39, 0.29) is 12.4 Å². The second-order valence-corrected chi connectivity index (χ2v) is 7.48. The van der Waals surface area contributed by atoms with Crippen molar-refractivity contribution in [2.24, 2.45) is 5.73 Å². The van der Waals surface area contributed by atoms with Gasteiger partial charge in [-0.3, -0.25) is 4.57 Å². The Balaban J connectivity index is 2.10. The van der Waals surface area contributed by atoms with Crippen molar-refractivity contribution in [1.29, 1.82) is 0 Å². The summed E-state index contributed by atoms with van der Waals surface area (Å²) < 4.78 is 7.11. The van der Waals surface area contributed by atoms with Crippen molar-refractivity contribution in [3.63, 3.8) is 0 Å². The van der Waals surface area contributed by atoms with E-state index in [2.05, 4.69) is 4.98 Å². The number of aromatic hydroxyl groups is 1. The number of hydrogen-bond donors (Lipinski definition) is 2. The topological polar surface area (TPSA) is 73.3 Å². The van der Waals surface area contributed by atoms with Crippen LogP contribution in [0.5, 0.6) is 11.6 Å². The van der Waals surface area contributed by atoms with E-state index >= 15 is 0 Å². The molecule has 2 aromatic carbocycles. The first-order valence-corrected chi connectivity index (χ1v) is 9.74. The minimum Gasteiger partial charge on any atom is -0.495 e. The highest BCUT2D eigenvalue weighted by Gasteiger charge is 2.22. The first-order valence-electron chi connectivity index (χ1n) is 8.98. The minimum atomic E-state index is 0.0162. The maximum Gasteiger partial charge on any atom is 0.223 e. The predicted molar refractivity (Wildman–Crippen MR) is 117 cm³/mol.